The van der Waals surface area contributed by atoms with E-state index >= 15 is 0 Å². The van der Waals surface area contributed by atoms with Crippen molar-refractivity contribution >= 4 is 43.5 Å². The van der Waals surface area contributed by atoms with Gasteiger partial charge in [0.05, 0.1) is 11.9 Å². The maximum absolute atomic E-state index is 13.4. The van der Waals surface area contributed by atoms with Crippen LogP contribution in [0, 0.1) is 6.92 Å². The smallest absolute Gasteiger partial charge is 0.244 e. The average molecular weight is 524 g/mol. The molecule has 0 aliphatic rings. The number of halogens is 1. The summed E-state index contributed by atoms with van der Waals surface area (Å²) < 4.78 is 26.8. The third kappa shape index (κ3) is 7.34. The number of anilines is 1. The van der Waals surface area contributed by atoms with Crippen LogP contribution in [0.4, 0.5) is 5.69 Å². The molecule has 0 heterocycles. The van der Waals surface area contributed by atoms with E-state index in [2.05, 4.69) is 21.2 Å². The van der Waals surface area contributed by atoms with Crippen LogP contribution in [0.1, 0.15) is 31.9 Å². The molecule has 0 saturated carbocycles. The Morgan fingerprint density at radius 1 is 1.06 bits per heavy atom. The van der Waals surface area contributed by atoms with E-state index in [1.807, 2.05) is 45.0 Å². The molecule has 0 fully saturated rings. The van der Waals surface area contributed by atoms with Crippen molar-refractivity contribution < 1.29 is 18.0 Å². The highest BCUT2D eigenvalue weighted by Crippen LogP contribution is 2.23. The molecule has 7 nitrogen and oxygen atoms in total. The number of amides is 2. The van der Waals surface area contributed by atoms with Gasteiger partial charge in [-0.3, -0.25) is 13.9 Å². The standard InChI is InChI=1S/C23H30BrN3O4S/c1-16(2)25-23(29)18(4)26(14-19-11-9-17(3)10-12-19)22(28)15-27(32(5,30)31)21-8-6-7-20(24)13-21/h6-13,16,18H,14-15H2,1-5H3,(H,25,29)/t18-/m1/s1. The number of hydrogen-bond donors (Lipinski definition) is 1. The first-order valence-electron chi connectivity index (χ1n) is 10.3. The van der Waals surface area contributed by atoms with E-state index in [0.29, 0.717) is 10.2 Å². The Bertz CT molecular complexity index is 1060. The number of benzene rings is 2. The van der Waals surface area contributed by atoms with Crippen molar-refractivity contribution in [3.63, 3.8) is 0 Å². The summed E-state index contributed by atoms with van der Waals surface area (Å²) in [4.78, 5) is 27.5. The van der Waals surface area contributed by atoms with Gasteiger partial charge < -0.3 is 10.2 Å². The van der Waals surface area contributed by atoms with Gasteiger partial charge in [-0.15, -0.1) is 0 Å². The summed E-state index contributed by atoms with van der Waals surface area (Å²) in [5.41, 5.74) is 2.29. The predicted octanol–water partition coefficient (Wildman–Crippen LogP) is 3.47. The second-order valence-electron chi connectivity index (χ2n) is 8.10. The fraction of sp³-hybridized carbons (Fsp3) is 0.391. The second-order valence-corrected chi connectivity index (χ2v) is 10.9. The number of hydrogen-bond acceptors (Lipinski definition) is 4. The minimum absolute atomic E-state index is 0.0875. The van der Waals surface area contributed by atoms with Crippen LogP contribution in [-0.2, 0) is 26.2 Å². The molecule has 2 aromatic carbocycles. The maximum Gasteiger partial charge on any atom is 0.244 e. The van der Waals surface area contributed by atoms with Gasteiger partial charge in [-0.1, -0.05) is 51.8 Å². The van der Waals surface area contributed by atoms with E-state index in [9.17, 15) is 18.0 Å². The number of sulfonamides is 1. The molecule has 2 rings (SSSR count). The van der Waals surface area contributed by atoms with Crippen LogP contribution in [0.15, 0.2) is 53.0 Å². The Morgan fingerprint density at radius 3 is 2.22 bits per heavy atom. The van der Waals surface area contributed by atoms with Gasteiger partial charge in [0.15, 0.2) is 0 Å². The third-order valence-corrected chi connectivity index (χ3v) is 6.48. The normalized spacial score (nSPS) is 12.3. The highest BCUT2D eigenvalue weighted by molar-refractivity contribution is 9.10. The Balaban J connectivity index is 2.38. The van der Waals surface area contributed by atoms with E-state index in [1.54, 1.807) is 31.2 Å². The highest BCUT2D eigenvalue weighted by atomic mass is 79.9. The van der Waals surface area contributed by atoms with E-state index in [-0.39, 0.29) is 18.5 Å². The molecule has 0 saturated heterocycles. The van der Waals surface area contributed by atoms with Crippen molar-refractivity contribution in [3.8, 4) is 0 Å². The Labute approximate surface area is 199 Å². The second kappa shape index (κ2) is 11.0. The van der Waals surface area contributed by atoms with Crippen LogP contribution >= 0.6 is 15.9 Å². The molecule has 0 aliphatic carbocycles. The molecule has 0 spiro atoms. The molecule has 9 heteroatoms. The summed E-state index contributed by atoms with van der Waals surface area (Å²) >= 11 is 3.34. The number of nitrogens with zero attached hydrogens (tertiary/aromatic N) is 2. The van der Waals surface area contributed by atoms with Crippen molar-refractivity contribution in [1.82, 2.24) is 10.2 Å². The van der Waals surface area contributed by atoms with Gasteiger partial charge in [0.1, 0.15) is 12.6 Å². The van der Waals surface area contributed by atoms with Crippen LogP contribution in [0.3, 0.4) is 0 Å². The predicted molar refractivity (Wildman–Crippen MR) is 131 cm³/mol. The summed E-state index contributed by atoms with van der Waals surface area (Å²) in [6, 6.07) is 13.5. The zero-order chi connectivity index (χ0) is 24.1. The summed E-state index contributed by atoms with van der Waals surface area (Å²) in [7, 11) is -3.74. The summed E-state index contributed by atoms with van der Waals surface area (Å²) in [6.07, 6.45) is 1.06. The lowest BCUT2D eigenvalue weighted by atomic mass is 10.1. The zero-order valence-corrected chi connectivity index (χ0v) is 21.4. The molecule has 1 atom stereocenters. The maximum atomic E-state index is 13.4. The van der Waals surface area contributed by atoms with Crippen LogP contribution in [0.2, 0.25) is 0 Å². The molecular formula is C23H30BrN3O4S. The fourth-order valence-electron chi connectivity index (χ4n) is 3.12. The lowest BCUT2D eigenvalue weighted by molar-refractivity contribution is -0.139. The van der Waals surface area contributed by atoms with E-state index < -0.39 is 28.5 Å². The average Bonchev–Trinajstić information content (AvgIpc) is 2.69. The molecule has 0 radical (unpaired) electrons. The van der Waals surface area contributed by atoms with E-state index in [0.717, 1.165) is 21.7 Å². The highest BCUT2D eigenvalue weighted by Gasteiger charge is 2.30. The van der Waals surface area contributed by atoms with E-state index in [1.165, 1.54) is 4.90 Å². The number of aryl methyl sites for hydroxylation is 1. The zero-order valence-electron chi connectivity index (χ0n) is 19.0. The van der Waals surface area contributed by atoms with Gasteiger partial charge in [-0.05, 0) is 51.5 Å². The Kier molecular flexibility index (Phi) is 8.86. The molecule has 0 aromatic heterocycles. The third-order valence-electron chi connectivity index (χ3n) is 4.85. The molecule has 0 aliphatic heterocycles. The number of nitrogens with one attached hydrogen (secondary N) is 1. The largest absolute Gasteiger partial charge is 0.352 e. The Morgan fingerprint density at radius 2 is 1.69 bits per heavy atom. The minimum Gasteiger partial charge on any atom is -0.352 e. The first-order valence-corrected chi connectivity index (χ1v) is 12.9. The molecule has 32 heavy (non-hydrogen) atoms. The van der Waals surface area contributed by atoms with Crippen LogP contribution < -0.4 is 9.62 Å². The number of carbonyl (C=O) groups excluding carboxylic acids is 2. The van der Waals surface area contributed by atoms with Crippen molar-refractivity contribution in [3.05, 3.63) is 64.1 Å². The molecular weight excluding hydrogens is 494 g/mol. The van der Waals surface area contributed by atoms with Gasteiger partial charge in [0, 0.05) is 17.1 Å². The lowest BCUT2D eigenvalue weighted by Gasteiger charge is -2.32. The van der Waals surface area contributed by atoms with Crippen molar-refractivity contribution in [2.24, 2.45) is 0 Å². The fourth-order valence-corrected chi connectivity index (χ4v) is 4.35. The first-order chi connectivity index (χ1) is 14.9. The van der Waals surface area contributed by atoms with Crippen LogP contribution in [0.25, 0.3) is 0 Å². The van der Waals surface area contributed by atoms with Crippen LogP contribution in [-0.4, -0.2) is 50.0 Å². The molecule has 1 N–H and O–H groups in total. The Hall–Kier alpha value is -2.39. The number of carbonyl (C=O) groups is 2. The van der Waals surface area contributed by atoms with Gasteiger partial charge in [-0.2, -0.15) is 0 Å². The van der Waals surface area contributed by atoms with Gasteiger partial charge in [0.25, 0.3) is 0 Å². The quantitative estimate of drug-likeness (QED) is 0.545. The van der Waals surface area contributed by atoms with E-state index in [4.69, 9.17) is 0 Å². The molecule has 174 valence electrons. The lowest BCUT2D eigenvalue weighted by Crippen LogP contribution is -2.52. The van der Waals surface area contributed by atoms with Crippen molar-refractivity contribution in [2.45, 2.75) is 46.3 Å². The first kappa shape index (κ1) is 25.9. The van der Waals surface area contributed by atoms with Crippen LogP contribution in [0.5, 0.6) is 0 Å². The summed E-state index contributed by atoms with van der Waals surface area (Å²) in [5, 5.41) is 2.82. The number of rotatable bonds is 9. The molecule has 0 bridgehead atoms. The molecule has 0 unspecified atom stereocenters. The minimum atomic E-state index is -3.74. The SMILES string of the molecule is Cc1ccc(CN(C(=O)CN(c2cccc(Br)c2)S(C)(=O)=O)[C@H](C)C(=O)NC(C)C)cc1. The topological polar surface area (TPSA) is 86.8 Å². The molecule has 2 amide bonds. The molecule has 2 aromatic rings. The monoisotopic (exact) mass is 523 g/mol. The summed E-state index contributed by atoms with van der Waals surface area (Å²) in [5.74, 6) is -0.767. The summed E-state index contributed by atoms with van der Waals surface area (Å²) in [6.45, 7) is 7.06. The van der Waals surface area contributed by atoms with Gasteiger partial charge in [0.2, 0.25) is 21.8 Å². The van der Waals surface area contributed by atoms with Crippen molar-refractivity contribution in [2.75, 3.05) is 17.1 Å². The van der Waals surface area contributed by atoms with Gasteiger partial charge >= 0.3 is 0 Å². The van der Waals surface area contributed by atoms with Crippen molar-refractivity contribution in [1.29, 1.82) is 0 Å². The van der Waals surface area contributed by atoms with Gasteiger partial charge in [-0.25, -0.2) is 8.42 Å².